The Bertz CT molecular complexity index is 464. The average molecular weight is 277 g/mol. The summed E-state index contributed by atoms with van der Waals surface area (Å²) in [6, 6.07) is 7.28. The summed E-state index contributed by atoms with van der Waals surface area (Å²) in [5, 5.41) is 14.7. The Hall–Kier alpha value is -1.46. The van der Waals surface area contributed by atoms with Crippen molar-refractivity contribution in [2.45, 2.75) is 25.8 Å². The van der Waals surface area contributed by atoms with Gasteiger partial charge in [-0.15, -0.1) is 0 Å². The van der Waals surface area contributed by atoms with E-state index >= 15 is 0 Å². The van der Waals surface area contributed by atoms with Gasteiger partial charge in [0.1, 0.15) is 0 Å². The van der Waals surface area contributed by atoms with E-state index < -0.39 is 0 Å². The molecule has 0 spiro atoms. The summed E-state index contributed by atoms with van der Waals surface area (Å²) < 4.78 is 0. The van der Waals surface area contributed by atoms with Gasteiger partial charge in [0, 0.05) is 17.7 Å². The Labute approximate surface area is 120 Å². The predicted molar refractivity (Wildman–Crippen MR) is 79.7 cm³/mol. The highest BCUT2D eigenvalue weighted by atomic mass is 16.6. The molecule has 1 fully saturated rings. The van der Waals surface area contributed by atoms with Gasteiger partial charge in [0.15, 0.2) is 0 Å². The average Bonchev–Trinajstić information content (AvgIpc) is 2.80. The Balaban J connectivity index is 2.21. The van der Waals surface area contributed by atoms with Gasteiger partial charge in [0.2, 0.25) is 0 Å². The number of nitrogens with one attached hydrogen (secondary N) is 1. The summed E-state index contributed by atoms with van der Waals surface area (Å²) in [6.07, 6.45) is 2.20. The molecule has 5 nitrogen and oxygen atoms in total. The van der Waals surface area contributed by atoms with E-state index in [9.17, 15) is 10.1 Å². The van der Waals surface area contributed by atoms with Crippen LogP contribution in [0.4, 0.5) is 5.69 Å². The molecule has 1 aromatic carbocycles. The van der Waals surface area contributed by atoms with Crippen LogP contribution in [0.25, 0.3) is 0 Å². The number of nitrogens with zero attached hydrogens (tertiary/aromatic N) is 2. The fraction of sp³-hybridized carbons (Fsp3) is 0.600. The molecule has 110 valence electrons. The van der Waals surface area contributed by atoms with Crippen molar-refractivity contribution in [2.24, 2.45) is 5.92 Å². The van der Waals surface area contributed by atoms with Crippen molar-refractivity contribution in [3.05, 3.63) is 39.9 Å². The molecule has 2 rings (SSSR count). The van der Waals surface area contributed by atoms with Crippen molar-refractivity contribution in [2.75, 3.05) is 26.7 Å². The molecule has 1 N–H and O–H groups in total. The van der Waals surface area contributed by atoms with Crippen molar-refractivity contribution < 1.29 is 4.92 Å². The lowest BCUT2D eigenvalue weighted by Crippen LogP contribution is -2.29. The zero-order chi connectivity index (χ0) is 14.5. The van der Waals surface area contributed by atoms with Crippen molar-refractivity contribution in [3.63, 3.8) is 0 Å². The van der Waals surface area contributed by atoms with E-state index in [4.69, 9.17) is 0 Å². The first kappa shape index (κ1) is 14.9. The first-order chi connectivity index (χ1) is 9.65. The molecule has 2 atom stereocenters. The fourth-order valence-electron chi connectivity index (χ4n) is 3.10. The Morgan fingerprint density at radius 3 is 2.90 bits per heavy atom. The standard InChI is InChI=1S/C15H23N3O2/c1-3-9-16-11-12-8-10-17(2)15(12)13-6-4-5-7-14(13)18(19)20/h4-7,12,15-16H,3,8-11H2,1-2H3. The van der Waals surface area contributed by atoms with Crippen molar-refractivity contribution in [1.29, 1.82) is 0 Å². The molecule has 1 aromatic rings. The van der Waals surface area contributed by atoms with Crippen LogP contribution >= 0.6 is 0 Å². The number of nitro benzene ring substituents is 1. The Morgan fingerprint density at radius 2 is 2.20 bits per heavy atom. The van der Waals surface area contributed by atoms with Gasteiger partial charge in [-0.2, -0.15) is 0 Å². The van der Waals surface area contributed by atoms with Crippen LogP contribution in [0, 0.1) is 16.0 Å². The van der Waals surface area contributed by atoms with E-state index in [2.05, 4.69) is 24.2 Å². The molecule has 0 aromatic heterocycles. The molecule has 0 radical (unpaired) electrons. The number of rotatable bonds is 6. The molecule has 0 bridgehead atoms. The number of nitro groups is 1. The molecule has 1 saturated heterocycles. The van der Waals surface area contributed by atoms with E-state index in [1.54, 1.807) is 12.1 Å². The summed E-state index contributed by atoms with van der Waals surface area (Å²) in [6.45, 7) is 5.07. The third kappa shape index (κ3) is 3.16. The summed E-state index contributed by atoms with van der Waals surface area (Å²) in [7, 11) is 2.06. The van der Waals surface area contributed by atoms with Crippen LogP contribution in [0.3, 0.4) is 0 Å². The van der Waals surface area contributed by atoms with E-state index in [-0.39, 0.29) is 16.7 Å². The molecular weight excluding hydrogens is 254 g/mol. The number of likely N-dealkylation sites (tertiary alicyclic amines) is 1. The zero-order valence-electron chi connectivity index (χ0n) is 12.2. The highest BCUT2D eigenvalue weighted by molar-refractivity contribution is 5.42. The number of hydrogen-bond acceptors (Lipinski definition) is 4. The maximum Gasteiger partial charge on any atom is 0.274 e. The van der Waals surface area contributed by atoms with Gasteiger partial charge in [0.25, 0.3) is 5.69 Å². The van der Waals surface area contributed by atoms with Crippen LogP contribution in [0.5, 0.6) is 0 Å². The highest BCUT2D eigenvalue weighted by Crippen LogP contribution is 2.39. The van der Waals surface area contributed by atoms with E-state index in [0.717, 1.165) is 38.0 Å². The molecule has 0 saturated carbocycles. The lowest BCUT2D eigenvalue weighted by Gasteiger charge is -2.25. The van der Waals surface area contributed by atoms with Crippen LogP contribution in [0.2, 0.25) is 0 Å². The normalized spacial score (nSPS) is 23.1. The quantitative estimate of drug-likeness (QED) is 0.493. The summed E-state index contributed by atoms with van der Waals surface area (Å²) in [5.41, 5.74) is 1.09. The Kier molecular flexibility index (Phi) is 5.09. The maximum absolute atomic E-state index is 11.2. The Morgan fingerprint density at radius 1 is 1.45 bits per heavy atom. The van der Waals surface area contributed by atoms with Gasteiger partial charge in [-0.25, -0.2) is 0 Å². The first-order valence-electron chi connectivity index (χ1n) is 7.29. The third-order valence-electron chi connectivity index (χ3n) is 4.06. The van der Waals surface area contributed by atoms with Gasteiger partial charge in [-0.1, -0.05) is 25.1 Å². The zero-order valence-corrected chi connectivity index (χ0v) is 12.2. The summed E-state index contributed by atoms with van der Waals surface area (Å²) in [5.74, 6) is 0.438. The third-order valence-corrected chi connectivity index (χ3v) is 4.06. The topological polar surface area (TPSA) is 58.4 Å². The van der Waals surface area contributed by atoms with Gasteiger partial charge >= 0.3 is 0 Å². The second kappa shape index (κ2) is 6.81. The monoisotopic (exact) mass is 277 g/mol. The molecule has 1 heterocycles. The largest absolute Gasteiger partial charge is 0.316 e. The first-order valence-corrected chi connectivity index (χ1v) is 7.29. The minimum absolute atomic E-state index is 0.140. The van der Waals surface area contributed by atoms with E-state index in [0.29, 0.717) is 5.92 Å². The second-order valence-electron chi connectivity index (χ2n) is 5.49. The van der Waals surface area contributed by atoms with Gasteiger partial charge in [-0.3, -0.25) is 15.0 Å². The number of benzene rings is 1. The molecule has 1 aliphatic heterocycles. The molecule has 2 unspecified atom stereocenters. The fourth-order valence-corrected chi connectivity index (χ4v) is 3.10. The van der Waals surface area contributed by atoms with Crippen molar-refractivity contribution in [1.82, 2.24) is 10.2 Å². The minimum atomic E-state index is -0.266. The van der Waals surface area contributed by atoms with E-state index in [1.807, 2.05) is 12.1 Å². The second-order valence-corrected chi connectivity index (χ2v) is 5.49. The van der Waals surface area contributed by atoms with Gasteiger partial charge in [0.05, 0.1) is 4.92 Å². The molecule has 0 amide bonds. The van der Waals surface area contributed by atoms with Gasteiger partial charge in [-0.05, 0) is 45.4 Å². The SMILES string of the molecule is CCCNCC1CCN(C)C1c1ccccc1[N+](=O)[O-]. The van der Waals surface area contributed by atoms with Gasteiger partial charge < -0.3 is 5.32 Å². The van der Waals surface area contributed by atoms with Crippen LogP contribution in [-0.4, -0.2) is 36.5 Å². The molecule has 1 aliphatic rings. The predicted octanol–water partition coefficient (Wildman–Crippen LogP) is 2.59. The van der Waals surface area contributed by atoms with Crippen molar-refractivity contribution in [3.8, 4) is 0 Å². The lowest BCUT2D eigenvalue weighted by atomic mass is 9.92. The van der Waals surface area contributed by atoms with Crippen LogP contribution in [0.15, 0.2) is 24.3 Å². The summed E-state index contributed by atoms with van der Waals surface area (Å²) in [4.78, 5) is 13.2. The van der Waals surface area contributed by atoms with Crippen LogP contribution < -0.4 is 5.32 Å². The molecule has 20 heavy (non-hydrogen) atoms. The molecule has 0 aliphatic carbocycles. The van der Waals surface area contributed by atoms with Crippen LogP contribution in [-0.2, 0) is 0 Å². The molecule has 5 heteroatoms. The number of para-hydroxylation sites is 1. The number of hydrogen-bond donors (Lipinski definition) is 1. The highest BCUT2D eigenvalue weighted by Gasteiger charge is 2.36. The van der Waals surface area contributed by atoms with Crippen molar-refractivity contribution >= 4 is 5.69 Å². The minimum Gasteiger partial charge on any atom is -0.316 e. The van der Waals surface area contributed by atoms with E-state index in [1.165, 1.54) is 0 Å². The maximum atomic E-state index is 11.2. The smallest absolute Gasteiger partial charge is 0.274 e. The lowest BCUT2D eigenvalue weighted by molar-refractivity contribution is -0.386. The molecular formula is C15H23N3O2. The van der Waals surface area contributed by atoms with Crippen LogP contribution in [0.1, 0.15) is 31.4 Å². The summed E-state index contributed by atoms with van der Waals surface area (Å²) >= 11 is 0.